The molecule has 2 aliphatic rings. The Morgan fingerprint density at radius 1 is 1.11 bits per heavy atom. The van der Waals surface area contributed by atoms with Crippen molar-refractivity contribution in [1.82, 2.24) is 14.7 Å². The fourth-order valence-electron chi connectivity index (χ4n) is 4.53. The first-order valence-electron chi connectivity index (χ1n) is 12.1. The molecule has 2 amide bonds. The Hall–Kier alpha value is -2.53. The maximum Gasteiger partial charge on any atom is 0.256 e. The molecule has 192 valence electrons. The Morgan fingerprint density at radius 2 is 1.83 bits per heavy atom. The van der Waals surface area contributed by atoms with E-state index in [1.165, 1.54) is 4.90 Å². The third kappa shape index (κ3) is 6.42. The SMILES string of the molecule is COc1cccc(N2C(=O)[C@@H](CC(=O)Nc3ccc(Br)cc3)N(CCCN3CCN(C)CC3)C2=S)c1. The number of thiocarbonyl (C=S) groups is 1. The molecule has 1 N–H and O–H groups in total. The van der Waals surface area contributed by atoms with Gasteiger partial charge in [0.1, 0.15) is 11.8 Å². The predicted octanol–water partition coefficient (Wildman–Crippen LogP) is 3.43. The van der Waals surface area contributed by atoms with Crippen LogP contribution in [-0.4, -0.2) is 91.1 Å². The van der Waals surface area contributed by atoms with E-state index in [4.69, 9.17) is 17.0 Å². The number of anilines is 2. The zero-order valence-electron chi connectivity index (χ0n) is 20.7. The molecule has 0 aromatic heterocycles. The van der Waals surface area contributed by atoms with Crippen LogP contribution >= 0.6 is 28.1 Å². The third-order valence-electron chi connectivity index (χ3n) is 6.61. The van der Waals surface area contributed by atoms with Gasteiger partial charge >= 0.3 is 0 Å². The average Bonchev–Trinajstić information content (AvgIpc) is 3.10. The van der Waals surface area contributed by atoms with Crippen molar-refractivity contribution in [2.45, 2.75) is 18.9 Å². The highest BCUT2D eigenvalue weighted by atomic mass is 79.9. The van der Waals surface area contributed by atoms with Gasteiger partial charge in [-0.15, -0.1) is 0 Å². The summed E-state index contributed by atoms with van der Waals surface area (Å²) in [5.74, 6) is 0.218. The van der Waals surface area contributed by atoms with Gasteiger partial charge in [0.25, 0.3) is 5.91 Å². The van der Waals surface area contributed by atoms with E-state index < -0.39 is 6.04 Å². The summed E-state index contributed by atoms with van der Waals surface area (Å²) < 4.78 is 6.27. The molecule has 2 fully saturated rings. The molecule has 0 bridgehead atoms. The van der Waals surface area contributed by atoms with Crippen molar-refractivity contribution >= 4 is 56.4 Å². The van der Waals surface area contributed by atoms with Gasteiger partial charge in [-0.3, -0.25) is 14.5 Å². The van der Waals surface area contributed by atoms with Crippen LogP contribution in [0.4, 0.5) is 11.4 Å². The Labute approximate surface area is 226 Å². The number of methoxy groups -OCH3 is 1. The number of rotatable bonds is 9. The number of amides is 2. The van der Waals surface area contributed by atoms with Crippen molar-refractivity contribution in [3.05, 3.63) is 53.0 Å². The lowest BCUT2D eigenvalue weighted by molar-refractivity contribution is -0.124. The summed E-state index contributed by atoms with van der Waals surface area (Å²) in [5, 5.41) is 3.33. The molecule has 0 unspecified atom stereocenters. The lowest BCUT2D eigenvalue weighted by Gasteiger charge is -2.33. The number of carbonyl (C=O) groups excluding carboxylic acids is 2. The quantitative estimate of drug-likeness (QED) is 0.461. The minimum absolute atomic E-state index is 0.0179. The zero-order valence-corrected chi connectivity index (χ0v) is 23.1. The van der Waals surface area contributed by atoms with Gasteiger partial charge in [-0.1, -0.05) is 22.0 Å². The number of hydrogen-bond donors (Lipinski definition) is 1. The monoisotopic (exact) mass is 573 g/mol. The highest BCUT2D eigenvalue weighted by molar-refractivity contribution is 9.10. The molecule has 0 aliphatic carbocycles. The predicted molar refractivity (Wildman–Crippen MR) is 150 cm³/mol. The van der Waals surface area contributed by atoms with Crippen LogP contribution in [0.25, 0.3) is 0 Å². The van der Waals surface area contributed by atoms with Gasteiger partial charge in [0.15, 0.2) is 5.11 Å². The summed E-state index contributed by atoms with van der Waals surface area (Å²) in [6.45, 7) is 5.72. The largest absolute Gasteiger partial charge is 0.497 e. The molecule has 2 aliphatic heterocycles. The summed E-state index contributed by atoms with van der Waals surface area (Å²) in [5.41, 5.74) is 1.33. The smallest absolute Gasteiger partial charge is 0.256 e. The molecule has 2 heterocycles. The standard InChI is InChI=1S/C26H32BrN5O3S/c1-29-13-15-30(16-14-29)11-4-12-31-23(18-24(33)28-20-9-7-19(27)8-10-20)25(34)32(26(31)36)21-5-3-6-22(17-21)35-2/h3,5-10,17,23H,4,11-16,18H2,1-2H3,(H,28,33)/t23-/m1/s1. The first kappa shape index (κ1) is 26.5. The Morgan fingerprint density at radius 3 is 2.53 bits per heavy atom. The number of hydrogen-bond acceptors (Lipinski definition) is 6. The number of carbonyl (C=O) groups is 2. The minimum atomic E-state index is -0.661. The van der Waals surface area contributed by atoms with Crippen molar-refractivity contribution in [3.8, 4) is 5.75 Å². The summed E-state index contributed by atoms with van der Waals surface area (Å²) in [6.07, 6.45) is 0.873. The van der Waals surface area contributed by atoms with Gasteiger partial charge in [0.05, 0.1) is 19.2 Å². The van der Waals surface area contributed by atoms with Gasteiger partial charge in [0, 0.05) is 49.0 Å². The minimum Gasteiger partial charge on any atom is -0.497 e. The van der Waals surface area contributed by atoms with Crippen LogP contribution in [0.1, 0.15) is 12.8 Å². The Kier molecular flexibility index (Phi) is 8.95. The van der Waals surface area contributed by atoms with Gasteiger partial charge in [-0.25, -0.2) is 0 Å². The molecular formula is C26H32BrN5O3S. The maximum atomic E-state index is 13.6. The van der Waals surface area contributed by atoms with Crippen molar-refractivity contribution in [2.75, 3.05) is 63.6 Å². The second-order valence-electron chi connectivity index (χ2n) is 9.12. The Balaban J connectivity index is 1.48. The summed E-state index contributed by atoms with van der Waals surface area (Å²) in [7, 11) is 3.73. The second-order valence-corrected chi connectivity index (χ2v) is 10.4. The van der Waals surface area contributed by atoms with Gasteiger partial charge < -0.3 is 24.8 Å². The molecular weight excluding hydrogens is 542 g/mol. The summed E-state index contributed by atoms with van der Waals surface area (Å²) in [6, 6.07) is 14.0. The number of likely N-dealkylation sites (N-methyl/N-ethyl adjacent to an activating group) is 1. The molecule has 8 nitrogen and oxygen atoms in total. The number of nitrogens with zero attached hydrogens (tertiary/aromatic N) is 4. The highest BCUT2D eigenvalue weighted by Crippen LogP contribution is 2.30. The van der Waals surface area contributed by atoms with Crippen LogP contribution in [0.2, 0.25) is 0 Å². The van der Waals surface area contributed by atoms with Crippen molar-refractivity contribution in [2.24, 2.45) is 0 Å². The zero-order chi connectivity index (χ0) is 25.7. The fourth-order valence-corrected chi connectivity index (χ4v) is 5.21. The van der Waals surface area contributed by atoms with Crippen LogP contribution in [0.5, 0.6) is 5.75 Å². The number of piperazine rings is 1. The van der Waals surface area contributed by atoms with Crippen LogP contribution in [0, 0.1) is 0 Å². The van der Waals surface area contributed by atoms with Crippen LogP contribution in [0.3, 0.4) is 0 Å². The van der Waals surface area contributed by atoms with E-state index in [-0.39, 0.29) is 18.2 Å². The van der Waals surface area contributed by atoms with Crippen molar-refractivity contribution in [3.63, 3.8) is 0 Å². The average molecular weight is 575 g/mol. The van der Waals surface area contributed by atoms with E-state index in [0.29, 0.717) is 28.8 Å². The molecule has 2 aromatic rings. The molecule has 0 spiro atoms. The number of nitrogens with one attached hydrogen (secondary N) is 1. The fraction of sp³-hybridized carbons (Fsp3) is 0.423. The normalized spacial score (nSPS) is 19.1. The van der Waals surface area contributed by atoms with E-state index in [0.717, 1.165) is 43.6 Å². The third-order valence-corrected chi connectivity index (χ3v) is 7.55. The highest BCUT2D eigenvalue weighted by Gasteiger charge is 2.44. The van der Waals surface area contributed by atoms with Crippen molar-refractivity contribution in [1.29, 1.82) is 0 Å². The molecule has 36 heavy (non-hydrogen) atoms. The maximum absolute atomic E-state index is 13.6. The van der Waals surface area contributed by atoms with Gasteiger partial charge in [-0.05, 0) is 68.6 Å². The molecule has 0 saturated carbocycles. The van der Waals surface area contributed by atoms with Gasteiger partial charge in [-0.2, -0.15) is 0 Å². The molecule has 2 saturated heterocycles. The van der Waals surface area contributed by atoms with E-state index in [1.54, 1.807) is 13.2 Å². The molecule has 2 aromatic carbocycles. The van der Waals surface area contributed by atoms with E-state index >= 15 is 0 Å². The number of halogens is 1. The number of ether oxygens (including phenoxy) is 1. The van der Waals surface area contributed by atoms with E-state index in [1.807, 2.05) is 47.4 Å². The molecule has 1 atom stereocenters. The first-order valence-corrected chi connectivity index (χ1v) is 13.3. The van der Waals surface area contributed by atoms with Crippen molar-refractivity contribution < 1.29 is 14.3 Å². The lowest BCUT2D eigenvalue weighted by Crippen LogP contribution is -2.45. The Bertz CT molecular complexity index is 1090. The van der Waals surface area contributed by atoms with E-state index in [9.17, 15) is 9.59 Å². The lowest BCUT2D eigenvalue weighted by atomic mass is 10.1. The summed E-state index contributed by atoms with van der Waals surface area (Å²) >= 11 is 9.19. The van der Waals surface area contributed by atoms with E-state index in [2.05, 4.69) is 38.1 Å². The van der Waals surface area contributed by atoms with Crippen LogP contribution in [-0.2, 0) is 9.59 Å². The molecule has 4 rings (SSSR count). The second kappa shape index (κ2) is 12.1. The van der Waals surface area contributed by atoms with Gasteiger partial charge in [0.2, 0.25) is 5.91 Å². The molecule has 10 heteroatoms. The summed E-state index contributed by atoms with van der Waals surface area (Å²) in [4.78, 5) is 34.8. The first-order chi connectivity index (χ1) is 17.4. The number of benzene rings is 2. The van der Waals surface area contributed by atoms with Crippen LogP contribution < -0.4 is 15.0 Å². The molecule has 0 radical (unpaired) electrons. The van der Waals surface area contributed by atoms with Crippen LogP contribution in [0.15, 0.2) is 53.0 Å². The topological polar surface area (TPSA) is 68.4 Å².